The Morgan fingerprint density at radius 1 is 0.481 bits per heavy atom. The Hall–Kier alpha value is 0.314. The summed E-state index contributed by atoms with van der Waals surface area (Å²) in [5, 5.41) is 0. The van der Waals surface area contributed by atoms with E-state index in [0.29, 0.717) is 0 Å². The average molecular weight is 417 g/mol. The molecule has 0 aromatic heterocycles. The van der Waals surface area contributed by atoms with Crippen LogP contribution in [0.5, 0.6) is 0 Å². The summed E-state index contributed by atoms with van der Waals surface area (Å²) < 4.78 is 6.79. The molecule has 4 N–H and O–H groups in total. The number of unbranched alkanes of at least 4 members (excludes halogenated alkanes) is 12. The maximum absolute atomic E-state index is 6.79. The van der Waals surface area contributed by atoms with Crippen molar-refractivity contribution >= 4 is 16.6 Å². The standard InChI is InChI=1S/C22H52N2OSi2/c1-26(2,3)25-27(4,21-17-13-9-5-7-11-15-19-23)22-18-14-10-6-8-12-16-20-24/h5-24H2,1-4H3. The quantitative estimate of drug-likeness (QED) is 0.169. The molecule has 0 aliphatic rings. The Bertz CT molecular complexity index is 302. The molecule has 0 aliphatic carbocycles. The zero-order chi connectivity index (χ0) is 20.4. The molecule has 0 saturated carbocycles. The maximum Gasteiger partial charge on any atom is 0.176 e. The molecule has 0 amide bonds. The molecule has 0 rings (SSSR count). The minimum absolute atomic E-state index is 0.853. The third kappa shape index (κ3) is 19.4. The summed E-state index contributed by atoms with van der Waals surface area (Å²) in [5.74, 6) is 0. The van der Waals surface area contributed by atoms with Crippen LogP contribution < -0.4 is 11.5 Å². The van der Waals surface area contributed by atoms with Crippen molar-refractivity contribution in [3.63, 3.8) is 0 Å². The highest BCUT2D eigenvalue weighted by molar-refractivity contribution is 6.84. The Balaban J connectivity index is 3.99. The van der Waals surface area contributed by atoms with Crippen molar-refractivity contribution < 1.29 is 4.12 Å². The highest BCUT2D eigenvalue weighted by Crippen LogP contribution is 2.28. The molecule has 27 heavy (non-hydrogen) atoms. The minimum Gasteiger partial charge on any atom is -0.456 e. The highest BCUT2D eigenvalue weighted by Gasteiger charge is 2.33. The van der Waals surface area contributed by atoms with Crippen molar-refractivity contribution in [2.24, 2.45) is 11.5 Å². The third-order valence-electron chi connectivity index (χ3n) is 5.37. The van der Waals surface area contributed by atoms with Crippen molar-refractivity contribution in [1.29, 1.82) is 0 Å². The molecule has 0 atom stereocenters. The van der Waals surface area contributed by atoms with Gasteiger partial charge >= 0.3 is 0 Å². The monoisotopic (exact) mass is 416 g/mol. The highest BCUT2D eigenvalue weighted by atomic mass is 28.4. The fourth-order valence-corrected chi connectivity index (χ4v) is 13.0. The smallest absolute Gasteiger partial charge is 0.176 e. The van der Waals surface area contributed by atoms with Crippen LogP contribution in [0.2, 0.25) is 38.3 Å². The molecule has 0 saturated heterocycles. The van der Waals surface area contributed by atoms with Crippen LogP contribution in [0.25, 0.3) is 0 Å². The topological polar surface area (TPSA) is 61.3 Å². The molecular formula is C22H52N2OSi2. The largest absolute Gasteiger partial charge is 0.456 e. The van der Waals surface area contributed by atoms with E-state index in [2.05, 4.69) is 26.2 Å². The average Bonchev–Trinajstić information content (AvgIpc) is 2.58. The van der Waals surface area contributed by atoms with E-state index in [1.807, 2.05) is 0 Å². The second kappa shape index (κ2) is 17.2. The van der Waals surface area contributed by atoms with Crippen LogP contribution in [0.3, 0.4) is 0 Å². The molecule has 164 valence electrons. The number of rotatable bonds is 20. The van der Waals surface area contributed by atoms with Gasteiger partial charge in [0.1, 0.15) is 0 Å². The molecule has 0 unspecified atom stereocenters. The lowest BCUT2D eigenvalue weighted by atomic mass is 10.1. The SMILES string of the molecule is C[Si](C)(C)O[Si](C)(CCCCCCCCCN)CCCCCCCCCN. The van der Waals surface area contributed by atoms with Gasteiger partial charge in [0.25, 0.3) is 0 Å². The summed E-state index contributed by atoms with van der Waals surface area (Å²) in [6.45, 7) is 11.3. The van der Waals surface area contributed by atoms with Gasteiger partial charge in [0.15, 0.2) is 16.6 Å². The summed E-state index contributed by atoms with van der Waals surface area (Å²) in [7, 11) is -2.95. The van der Waals surface area contributed by atoms with E-state index < -0.39 is 16.6 Å². The molecule has 0 fully saturated rings. The molecule has 0 aromatic carbocycles. The summed E-state index contributed by atoms with van der Waals surface area (Å²) in [5.41, 5.74) is 11.1. The van der Waals surface area contributed by atoms with Gasteiger partial charge in [-0.1, -0.05) is 77.0 Å². The Morgan fingerprint density at radius 3 is 1.07 bits per heavy atom. The van der Waals surface area contributed by atoms with E-state index in [1.165, 1.54) is 102 Å². The van der Waals surface area contributed by atoms with Crippen LogP contribution in [-0.2, 0) is 4.12 Å². The van der Waals surface area contributed by atoms with Gasteiger partial charge in [0.2, 0.25) is 0 Å². The number of hydrogen-bond acceptors (Lipinski definition) is 3. The van der Waals surface area contributed by atoms with E-state index in [1.54, 1.807) is 0 Å². The zero-order valence-electron chi connectivity index (χ0n) is 19.3. The van der Waals surface area contributed by atoms with Gasteiger partial charge in [-0.3, -0.25) is 0 Å². The molecule has 0 spiro atoms. The molecule has 0 radical (unpaired) electrons. The molecule has 0 aromatic rings. The van der Waals surface area contributed by atoms with Crippen molar-refractivity contribution in [3.05, 3.63) is 0 Å². The second-order valence-corrected chi connectivity index (χ2v) is 18.6. The van der Waals surface area contributed by atoms with Gasteiger partial charge < -0.3 is 15.6 Å². The van der Waals surface area contributed by atoms with Crippen LogP contribution >= 0.6 is 0 Å². The van der Waals surface area contributed by atoms with Crippen LogP contribution in [0, 0.1) is 0 Å². The van der Waals surface area contributed by atoms with Crippen molar-refractivity contribution in [1.82, 2.24) is 0 Å². The van der Waals surface area contributed by atoms with Gasteiger partial charge in [-0.2, -0.15) is 0 Å². The number of hydrogen-bond donors (Lipinski definition) is 2. The lowest BCUT2D eigenvalue weighted by Crippen LogP contribution is -2.44. The fraction of sp³-hybridized carbons (Fsp3) is 1.00. The van der Waals surface area contributed by atoms with E-state index in [4.69, 9.17) is 15.6 Å². The van der Waals surface area contributed by atoms with Gasteiger partial charge in [-0.25, -0.2) is 0 Å². The summed E-state index contributed by atoms with van der Waals surface area (Å²) in [6, 6.07) is 2.74. The molecule has 0 aliphatic heterocycles. The Labute approximate surface area is 173 Å². The van der Waals surface area contributed by atoms with Crippen LogP contribution in [-0.4, -0.2) is 29.7 Å². The Kier molecular flexibility index (Phi) is 17.4. The summed E-state index contributed by atoms with van der Waals surface area (Å²) in [6.07, 6.45) is 18.8. The first kappa shape index (κ1) is 27.3. The van der Waals surface area contributed by atoms with Gasteiger partial charge in [0.05, 0.1) is 0 Å². The summed E-state index contributed by atoms with van der Waals surface area (Å²) >= 11 is 0. The number of nitrogens with two attached hydrogens (primary N) is 2. The third-order valence-corrected chi connectivity index (χ3v) is 12.6. The lowest BCUT2D eigenvalue weighted by molar-refractivity contribution is 0.514. The first-order valence-electron chi connectivity index (χ1n) is 11.9. The maximum atomic E-state index is 6.79. The van der Waals surface area contributed by atoms with Crippen LogP contribution in [0.4, 0.5) is 0 Å². The van der Waals surface area contributed by atoms with E-state index in [0.717, 1.165) is 13.1 Å². The first-order chi connectivity index (χ1) is 12.8. The zero-order valence-corrected chi connectivity index (χ0v) is 21.3. The minimum atomic E-state index is -1.52. The van der Waals surface area contributed by atoms with Gasteiger partial charge in [-0.15, -0.1) is 0 Å². The fourth-order valence-electron chi connectivity index (χ4n) is 4.02. The Morgan fingerprint density at radius 2 is 0.778 bits per heavy atom. The van der Waals surface area contributed by atoms with Crippen molar-refractivity contribution in [2.45, 2.75) is 128 Å². The predicted octanol–water partition coefficient (Wildman–Crippen LogP) is 6.79. The molecule has 0 bridgehead atoms. The molecule has 0 heterocycles. The van der Waals surface area contributed by atoms with Crippen LogP contribution in [0.15, 0.2) is 0 Å². The van der Waals surface area contributed by atoms with Crippen molar-refractivity contribution in [3.8, 4) is 0 Å². The van der Waals surface area contributed by atoms with E-state index >= 15 is 0 Å². The molecular weight excluding hydrogens is 364 g/mol. The molecule has 3 nitrogen and oxygen atoms in total. The van der Waals surface area contributed by atoms with E-state index in [9.17, 15) is 0 Å². The molecule has 5 heteroatoms. The first-order valence-corrected chi connectivity index (χ1v) is 18.2. The van der Waals surface area contributed by atoms with Crippen molar-refractivity contribution in [2.75, 3.05) is 13.1 Å². The summed E-state index contributed by atoms with van der Waals surface area (Å²) in [4.78, 5) is 0. The lowest BCUT2D eigenvalue weighted by Gasteiger charge is -2.35. The predicted molar refractivity (Wildman–Crippen MR) is 128 cm³/mol. The van der Waals surface area contributed by atoms with Gasteiger partial charge in [0, 0.05) is 0 Å². The van der Waals surface area contributed by atoms with E-state index in [-0.39, 0.29) is 0 Å². The van der Waals surface area contributed by atoms with Crippen LogP contribution in [0.1, 0.15) is 89.9 Å². The van der Waals surface area contributed by atoms with Gasteiger partial charge in [-0.05, 0) is 64.2 Å². The second-order valence-electron chi connectivity index (χ2n) is 9.69. The normalized spacial score (nSPS) is 12.7.